The fourth-order valence-electron chi connectivity index (χ4n) is 4.27. The average Bonchev–Trinajstić information content (AvgIpc) is 3.43. The smallest absolute Gasteiger partial charge is 0.242 e. The zero-order valence-corrected chi connectivity index (χ0v) is 19.2. The van der Waals surface area contributed by atoms with Crippen molar-refractivity contribution >= 4 is 29.0 Å². The fourth-order valence-corrected chi connectivity index (χ4v) is 4.38. The van der Waals surface area contributed by atoms with Gasteiger partial charge in [-0.15, -0.1) is 0 Å². The zero-order chi connectivity index (χ0) is 24.2. The van der Waals surface area contributed by atoms with Crippen LogP contribution in [-0.2, 0) is 16.6 Å². The van der Waals surface area contributed by atoms with Crippen molar-refractivity contribution in [3.63, 3.8) is 0 Å². The third-order valence-corrected chi connectivity index (χ3v) is 6.43. The molecule has 1 aromatic carbocycles. The Hall–Kier alpha value is -4.24. The molecule has 0 spiro atoms. The highest BCUT2D eigenvalue weighted by Gasteiger charge is 2.46. The van der Waals surface area contributed by atoms with Crippen LogP contribution < -0.4 is 5.32 Å². The molecule has 0 radical (unpaired) electrons. The van der Waals surface area contributed by atoms with Crippen LogP contribution >= 0.6 is 11.6 Å². The van der Waals surface area contributed by atoms with Crippen molar-refractivity contribution in [1.29, 1.82) is 0 Å². The molecule has 1 atom stereocenters. The lowest BCUT2D eigenvalue weighted by Gasteiger charge is -2.20. The van der Waals surface area contributed by atoms with Crippen LogP contribution in [-0.4, -0.2) is 35.2 Å². The van der Waals surface area contributed by atoms with Crippen molar-refractivity contribution in [2.45, 2.75) is 18.8 Å². The van der Waals surface area contributed by atoms with Crippen molar-refractivity contribution in [2.24, 2.45) is 0 Å². The largest absolute Gasteiger partial charge is 0.309 e. The van der Waals surface area contributed by atoms with Crippen LogP contribution in [0.25, 0.3) is 17.2 Å². The number of aromatic nitrogens is 6. The number of rotatable bonds is 4. The third-order valence-electron chi connectivity index (χ3n) is 6.21. The van der Waals surface area contributed by atoms with Crippen molar-refractivity contribution in [3.05, 3.63) is 101 Å². The minimum absolute atomic E-state index is 0.246. The van der Waals surface area contributed by atoms with E-state index in [1.807, 2.05) is 10.6 Å². The molecule has 1 amide bonds. The van der Waals surface area contributed by atoms with E-state index in [1.54, 1.807) is 49.8 Å². The molecule has 35 heavy (non-hydrogen) atoms. The van der Waals surface area contributed by atoms with Gasteiger partial charge in [-0.2, -0.15) is 0 Å². The Morgan fingerprint density at radius 1 is 1.06 bits per heavy atom. The number of anilines is 1. The number of imidazole rings is 1. The van der Waals surface area contributed by atoms with Gasteiger partial charge in [-0.3, -0.25) is 9.78 Å². The Labute approximate surface area is 203 Å². The molecule has 0 fully saturated rings. The summed E-state index contributed by atoms with van der Waals surface area (Å²) in [4.78, 5) is 35.7. The standard InChI is InChI=1S/C25H17ClFN7O/c1-25(20-7-4-15(26)11-29-20)17-12-30-22(32-21(17)33-24(25)35)19-13-34-9-8-28-23(34)18(31-19)10-14-2-5-16(27)6-3-14/h2-9,11-13H,10H2,1H3,(H,30,32,33,35). The lowest BCUT2D eigenvalue weighted by Crippen LogP contribution is -2.33. The van der Waals surface area contributed by atoms with E-state index in [9.17, 15) is 9.18 Å². The van der Waals surface area contributed by atoms with Crippen molar-refractivity contribution in [2.75, 3.05) is 5.32 Å². The van der Waals surface area contributed by atoms with Crippen LogP contribution in [0, 0.1) is 5.82 Å². The highest BCUT2D eigenvalue weighted by Crippen LogP contribution is 2.41. The van der Waals surface area contributed by atoms with Gasteiger partial charge in [0.2, 0.25) is 5.91 Å². The van der Waals surface area contributed by atoms with E-state index < -0.39 is 5.41 Å². The summed E-state index contributed by atoms with van der Waals surface area (Å²) in [6.07, 6.45) is 8.88. The first kappa shape index (κ1) is 21.3. The second-order valence-electron chi connectivity index (χ2n) is 8.43. The molecule has 8 nitrogen and oxygen atoms in total. The zero-order valence-electron chi connectivity index (χ0n) is 18.4. The second kappa shape index (κ2) is 7.92. The van der Waals surface area contributed by atoms with Crippen LogP contribution in [0.3, 0.4) is 0 Å². The van der Waals surface area contributed by atoms with E-state index in [0.29, 0.717) is 51.4 Å². The first-order valence-electron chi connectivity index (χ1n) is 10.8. The van der Waals surface area contributed by atoms with Gasteiger partial charge in [0.05, 0.1) is 16.4 Å². The van der Waals surface area contributed by atoms with Gasteiger partial charge in [-0.25, -0.2) is 24.3 Å². The van der Waals surface area contributed by atoms with Crippen molar-refractivity contribution in [1.82, 2.24) is 29.3 Å². The molecule has 0 saturated carbocycles. The molecule has 1 aliphatic heterocycles. The first-order chi connectivity index (χ1) is 16.9. The predicted octanol–water partition coefficient (Wildman–Crippen LogP) is 4.22. The van der Waals surface area contributed by atoms with E-state index in [4.69, 9.17) is 16.6 Å². The summed E-state index contributed by atoms with van der Waals surface area (Å²) in [5.41, 5.74) is 2.92. The molecule has 1 aliphatic rings. The monoisotopic (exact) mass is 485 g/mol. The summed E-state index contributed by atoms with van der Waals surface area (Å²) < 4.78 is 15.2. The molecule has 0 bridgehead atoms. The van der Waals surface area contributed by atoms with Gasteiger partial charge in [-0.1, -0.05) is 23.7 Å². The minimum Gasteiger partial charge on any atom is -0.309 e. The Kier molecular flexibility index (Phi) is 4.82. The number of carbonyl (C=O) groups is 1. The Balaban J connectivity index is 1.41. The Bertz CT molecular complexity index is 1600. The summed E-state index contributed by atoms with van der Waals surface area (Å²) in [6, 6.07) is 9.69. The molecular formula is C25H17ClFN7O. The molecule has 5 aromatic rings. The van der Waals surface area contributed by atoms with Crippen LogP contribution in [0.1, 0.15) is 29.4 Å². The second-order valence-corrected chi connectivity index (χ2v) is 8.87. The van der Waals surface area contributed by atoms with Gasteiger partial charge in [0.15, 0.2) is 11.5 Å². The number of benzene rings is 1. The summed E-state index contributed by atoms with van der Waals surface area (Å²) in [5, 5.41) is 3.34. The van der Waals surface area contributed by atoms with Gasteiger partial charge in [0, 0.05) is 43.0 Å². The lowest BCUT2D eigenvalue weighted by atomic mass is 9.81. The maximum absolute atomic E-state index is 13.3. The summed E-state index contributed by atoms with van der Waals surface area (Å²) in [7, 11) is 0. The molecule has 1 unspecified atom stereocenters. The number of carbonyl (C=O) groups excluding carboxylic acids is 1. The van der Waals surface area contributed by atoms with E-state index in [2.05, 4.69) is 25.3 Å². The van der Waals surface area contributed by atoms with Crippen LogP contribution in [0.5, 0.6) is 0 Å². The maximum atomic E-state index is 13.3. The van der Waals surface area contributed by atoms with Gasteiger partial charge in [-0.05, 0) is 36.8 Å². The van der Waals surface area contributed by atoms with E-state index >= 15 is 0 Å². The summed E-state index contributed by atoms with van der Waals surface area (Å²) in [5.74, 6) is 0.222. The number of nitrogens with zero attached hydrogens (tertiary/aromatic N) is 6. The average molecular weight is 486 g/mol. The van der Waals surface area contributed by atoms with Crippen LogP contribution in [0.2, 0.25) is 5.02 Å². The molecule has 1 N–H and O–H groups in total. The predicted molar refractivity (Wildman–Crippen MR) is 128 cm³/mol. The van der Waals surface area contributed by atoms with Gasteiger partial charge in [0.25, 0.3) is 0 Å². The molecule has 0 saturated heterocycles. The summed E-state index contributed by atoms with van der Waals surface area (Å²) in [6.45, 7) is 1.78. The van der Waals surface area contributed by atoms with Gasteiger partial charge >= 0.3 is 0 Å². The summed E-state index contributed by atoms with van der Waals surface area (Å²) >= 11 is 5.98. The van der Waals surface area contributed by atoms with Crippen LogP contribution in [0.4, 0.5) is 10.2 Å². The van der Waals surface area contributed by atoms with E-state index in [-0.39, 0.29) is 11.7 Å². The van der Waals surface area contributed by atoms with Crippen molar-refractivity contribution < 1.29 is 9.18 Å². The molecule has 6 rings (SSSR count). The van der Waals surface area contributed by atoms with Crippen LogP contribution in [0.15, 0.2) is 67.4 Å². The normalized spacial score (nSPS) is 16.9. The highest BCUT2D eigenvalue weighted by atomic mass is 35.5. The van der Waals surface area contributed by atoms with E-state index in [1.165, 1.54) is 18.3 Å². The number of halogens is 2. The Morgan fingerprint density at radius 2 is 1.89 bits per heavy atom. The first-order valence-corrected chi connectivity index (χ1v) is 11.2. The number of amides is 1. The number of fused-ring (bicyclic) bond motifs is 2. The molecule has 0 aliphatic carbocycles. The quantitative estimate of drug-likeness (QED) is 0.409. The highest BCUT2D eigenvalue weighted by molar-refractivity contribution is 6.30. The molecular weight excluding hydrogens is 469 g/mol. The number of hydrogen-bond donors (Lipinski definition) is 1. The molecule has 10 heteroatoms. The molecule has 5 heterocycles. The topological polar surface area (TPSA) is 98.0 Å². The molecule has 172 valence electrons. The van der Waals surface area contributed by atoms with Crippen molar-refractivity contribution in [3.8, 4) is 11.5 Å². The number of nitrogens with one attached hydrogen (secondary N) is 1. The van der Waals surface area contributed by atoms with Gasteiger partial charge < -0.3 is 9.72 Å². The third kappa shape index (κ3) is 3.52. The Morgan fingerprint density at radius 3 is 2.66 bits per heavy atom. The number of pyridine rings is 1. The van der Waals surface area contributed by atoms with E-state index in [0.717, 1.165) is 5.56 Å². The fraction of sp³-hybridized carbons (Fsp3) is 0.120. The van der Waals surface area contributed by atoms with Gasteiger partial charge in [0.1, 0.15) is 22.7 Å². The minimum atomic E-state index is -1.05. The SMILES string of the molecule is CC1(c2ccc(Cl)cn2)C(=O)Nc2nc(-c3cn4ccnc4c(Cc4ccc(F)cc4)n3)ncc21. The molecule has 4 aromatic heterocycles. The number of hydrogen-bond acceptors (Lipinski definition) is 6. The lowest BCUT2D eigenvalue weighted by molar-refractivity contribution is -0.119. The maximum Gasteiger partial charge on any atom is 0.242 e.